The molecule has 0 saturated carbocycles. The van der Waals surface area contributed by atoms with Gasteiger partial charge in [0.15, 0.2) is 6.10 Å². The lowest BCUT2D eigenvalue weighted by Crippen LogP contribution is -2.30. The van der Waals surface area contributed by atoms with E-state index in [1.165, 1.54) is 0 Å². The minimum atomic E-state index is -0.768. The molecule has 0 aliphatic rings. The summed E-state index contributed by atoms with van der Waals surface area (Å²) in [6.45, 7) is 1.61. The Labute approximate surface area is 144 Å². The molecular formula is C16H16Cl2N2O3. The average Bonchev–Trinajstić information content (AvgIpc) is 2.51. The van der Waals surface area contributed by atoms with Crippen molar-refractivity contribution in [2.24, 2.45) is 0 Å². The minimum absolute atomic E-state index is 0.334. The van der Waals surface area contributed by atoms with Crippen LogP contribution in [0.2, 0.25) is 10.0 Å². The molecule has 5 nitrogen and oxygen atoms in total. The van der Waals surface area contributed by atoms with E-state index in [0.29, 0.717) is 32.9 Å². The number of rotatable bonds is 5. The van der Waals surface area contributed by atoms with Crippen LogP contribution < -0.4 is 20.5 Å². The number of nitrogens with two attached hydrogens (primary N) is 1. The van der Waals surface area contributed by atoms with Gasteiger partial charge in [0.25, 0.3) is 5.91 Å². The zero-order valence-corrected chi connectivity index (χ0v) is 14.1. The molecule has 2 rings (SSSR count). The Bertz CT molecular complexity index is 722. The van der Waals surface area contributed by atoms with Crippen LogP contribution in [0.25, 0.3) is 0 Å². The Morgan fingerprint density at radius 3 is 2.57 bits per heavy atom. The number of carbonyl (C=O) groups is 1. The highest BCUT2D eigenvalue weighted by Gasteiger charge is 2.17. The number of ether oxygens (including phenoxy) is 2. The third kappa shape index (κ3) is 4.43. The Balaban J connectivity index is 2.05. The average molecular weight is 355 g/mol. The molecule has 0 bridgehead atoms. The zero-order valence-electron chi connectivity index (χ0n) is 12.6. The van der Waals surface area contributed by atoms with Gasteiger partial charge in [0.05, 0.1) is 23.5 Å². The third-order valence-corrected chi connectivity index (χ3v) is 3.61. The van der Waals surface area contributed by atoms with Crippen LogP contribution in [0.15, 0.2) is 36.4 Å². The second-order valence-electron chi connectivity index (χ2n) is 4.78. The van der Waals surface area contributed by atoms with E-state index in [1.54, 1.807) is 50.4 Å². The van der Waals surface area contributed by atoms with E-state index in [9.17, 15) is 4.79 Å². The van der Waals surface area contributed by atoms with Gasteiger partial charge in [-0.1, -0.05) is 23.2 Å². The first-order valence-electron chi connectivity index (χ1n) is 6.77. The summed E-state index contributed by atoms with van der Waals surface area (Å²) >= 11 is 11.8. The Morgan fingerprint density at radius 1 is 1.22 bits per heavy atom. The second-order valence-corrected chi connectivity index (χ2v) is 5.62. The van der Waals surface area contributed by atoms with E-state index in [-0.39, 0.29) is 5.91 Å². The number of methoxy groups -OCH3 is 1. The first-order valence-corrected chi connectivity index (χ1v) is 7.52. The fourth-order valence-electron chi connectivity index (χ4n) is 1.83. The van der Waals surface area contributed by atoms with Crippen molar-refractivity contribution >= 4 is 40.5 Å². The molecule has 0 radical (unpaired) electrons. The molecule has 0 unspecified atom stereocenters. The maximum Gasteiger partial charge on any atom is 0.265 e. The number of benzene rings is 2. The Morgan fingerprint density at radius 2 is 1.96 bits per heavy atom. The monoisotopic (exact) mass is 354 g/mol. The van der Waals surface area contributed by atoms with Gasteiger partial charge in [-0.3, -0.25) is 4.79 Å². The molecule has 1 amide bonds. The smallest absolute Gasteiger partial charge is 0.265 e. The fourth-order valence-corrected chi connectivity index (χ4v) is 2.28. The number of anilines is 2. The van der Waals surface area contributed by atoms with Crippen LogP contribution in [0.5, 0.6) is 11.5 Å². The predicted octanol–water partition coefficient (Wildman–Crippen LogP) is 3.99. The molecule has 0 fully saturated rings. The maximum absolute atomic E-state index is 12.2. The van der Waals surface area contributed by atoms with Crippen LogP contribution in [-0.4, -0.2) is 19.1 Å². The van der Waals surface area contributed by atoms with Gasteiger partial charge in [-0.25, -0.2) is 0 Å². The van der Waals surface area contributed by atoms with Gasteiger partial charge < -0.3 is 20.5 Å². The molecule has 0 saturated heterocycles. The molecular weight excluding hydrogens is 339 g/mol. The fraction of sp³-hybridized carbons (Fsp3) is 0.188. The van der Waals surface area contributed by atoms with Gasteiger partial charge in [-0.15, -0.1) is 0 Å². The van der Waals surface area contributed by atoms with Crippen molar-refractivity contribution in [3.63, 3.8) is 0 Å². The number of hydrogen-bond acceptors (Lipinski definition) is 4. The highest BCUT2D eigenvalue weighted by molar-refractivity contribution is 6.35. The van der Waals surface area contributed by atoms with Crippen LogP contribution in [0, 0.1) is 0 Å². The molecule has 0 spiro atoms. The van der Waals surface area contributed by atoms with E-state index in [1.807, 2.05) is 0 Å². The van der Waals surface area contributed by atoms with Crippen molar-refractivity contribution in [3.8, 4) is 11.5 Å². The minimum Gasteiger partial charge on any atom is -0.497 e. The molecule has 2 aromatic carbocycles. The van der Waals surface area contributed by atoms with E-state index < -0.39 is 6.10 Å². The van der Waals surface area contributed by atoms with Crippen molar-refractivity contribution in [1.82, 2.24) is 0 Å². The van der Waals surface area contributed by atoms with Crippen LogP contribution in [0.1, 0.15) is 6.92 Å². The zero-order chi connectivity index (χ0) is 17.0. The molecule has 0 aliphatic heterocycles. The van der Waals surface area contributed by atoms with Crippen molar-refractivity contribution in [1.29, 1.82) is 0 Å². The van der Waals surface area contributed by atoms with Gasteiger partial charge in [0, 0.05) is 11.1 Å². The van der Waals surface area contributed by atoms with Crippen LogP contribution in [0.3, 0.4) is 0 Å². The van der Waals surface area contributed by atoms with Gasteiger partial charge in [0.1, 0.15) is 11.5 Å². The summed E-state index contributed by atoms with van der Waals surface area (Å²) in [5.74, 6) is 0.632. The summed E-state index contributed by atoms with van der Waals surface area (Å²) in [5, 5.41) is 3.52. The van der Waals surface area contributed by atoms with Gasteiger partial charge in [-0.05, 0) is 37.3 Å². The largest absolute Gasteiger partial charge is 0.497 e. The quantitative estimate of drug-likeness (QED) is 0.796. The van der Waals surface area contributed by atoms with Gasteiger partial charge >= 0.3 is 0 Å². The van der Waals surface area contributed by atoms with E-state index in [0.717, 1.165) is 0 Å². The number of amides is 1. The highest BCUT2D eigenvalue weighted by Crippen LogP contribution is 2.29. The summed E-state index contributed by atoms with van der Waals surface area (Å²) in [4.78, 5) is 12.2. The van der Waals surface area contributed by atoms with E-state index >= 15 is 0 Å². The standard InChI is InChI=1S/C16H16Cl2N2O3/c1-9(23-15-6-3-10(17)7-12(15)18)16(21)20-14-5-4-11(22-2)8-13(14)19/h3-9H,19H2,1-2H3,(H,20,21)/t9-/m1/s1. The molecule has 23 heavy (non-hydrogen) atoms. The number of hydrogen-bond donors (Lipinski definition) is 2. The first-order chi connectivity index (χ1) is 10.9. The normalized spacial score (nSPS) is 11.7. The maximum atomic E-state index is 12.2. The lowest BCUT2D eigenvalue weighted by atomic mass is 10.2. The summed E-state index contributed by atoms with van der Waals surface area (Å²) in [6.07, 6.45) is -0.768. The molecule has 2 aromatic rings. The van der Waals surface area contributed by atoms with E-state index in [4.69, 9.17) is 38.4 Å². The lowest BCUT2D eigenvalue weighted by molar-refractivity contribution is -0.122. The predicted molar refractivity (Wildman–Crippen MR) is 92.6 cm³/mol. The number of nitrogen functional groups attached to an aromatic ring is 1. The Kier molecular flexibility index (Phi) is 5.58. The SMILES string of the molecule is COc1ccc(NC(=O)[C@@H](C)Oc2ccc(Cl)cc2Cl)c(N)c1. The Hall–Kier alpha value is -2.11. The van der Waals surface area contributed by atoms with Gasteiger partial charge in [0.2, 0.25) is 0 Å². The first kappa shape index (κ1) is 17.2. The summed E-state index contributed by atoms with van der Waals surface area (Å²) < 4.78 is 10.6. The van der Waals surface area contributed by atoms with Crippen molar-refractivity contribution in [3.05, 3.63) is 46.4 Å². The molecule has 7 heteroatoms. The van der Waals surface area contributed by atoms with Crippen LogP contribution in [0.4, 0.5) is 11.4 Å². The molecule has 3 N–H and O–H groups in total. The number of carbonyl (C=O) groups excluding carboxylic acids is 1. The van der Waals surface area contributed by atoms with Crippen molar-refractivity contribution in [2.75, 3.05) is 18.2 Å². The van der Waals surface area contributed by atoms with Gasteiger partial charge in [-0.2, -0.15) is 0 Å². The summed E-state index contributed by atoms with van der Waals surface area (Å²) in [6, 6.07) is 9.77. The third-order valence-electron chi connectivity index (χ3n) is 3.08. The van der Waals surface area contributed by atoms with Crippen LogP contribution >= 0.6 is 23.2 Å². The molecule has 0 aromatic heterocycles. The molecule has 0 aliphatic carbocycles. The highest BCUT2D eigenvalue weighted by atomic mass is 35.5. The van der Waals surface area contributed by atoms with Crippen molar-refractivity contribution in [2.45, 2.75) is 13.0 Å². The second kappa shape index (κ2) is 7.44. The van der Waals surface area contributed by atoms with Crippen molar-refractivity contribution < 1.29 is 14.3 Å². The number of halogens is 2. The number of nitrogens with one attached hydrogen (secondary N) is 1. The molecule has 1 atom stereocenters. The van der Waals surface area contributed by atoms with Crippen LogP contribution in [-0.2, 0) is 4.79 Å². The molecule has 122 valence electrons. The topological polar surface area (TPSA) is 73.6 Å². The van der Waals surface area contributed by atoms with E-state index in [2.05, 4.69) is 5.32 Å². The summed E-state index contributed by atoms with van der Waals surface area (Å²) in [7, 11) is 1.54. The summed E-state index contributed by atoms with van der Waals surface area (Å²) in [5.41, 5.74) is 6.75. The lowest BCUT2D eigenvalue weighted by Gasteiger charge is -2.16. The molecule has 0 heterocycles.